The maximum absolute atomic E-state index is 13.3. The van der Waals surface area contributed by atoms with E-state index in [-0.39, 0.29) is 4.90 Å². The van der Waals surface area contributed by atoms with Crippen LogP contribution in [0.5, 0.6) is 0 Å². The fourth-order valence-corrected chi connectivity index (χ4v) is 5.54. The van der Waals surface area contributed by atoms with Crippen LogP contribution in [0.15, 0.2) is 23.1 Å². The monoisotopic (exact) mass is 406 g/mol. The molecule has 0 spiro atoms. The van der Waals surface area contributed by atoms with E-state index in [2.05, 4.69) is 5.32 Å². The SMILES string of the molecule is Cc1ccc(S(=O)(=O)N(C)C)cc1NC(=O)[C@]12CC[C@@](C)(C(=O)C1=O)C2(C)C. The molecule has 0 unspecified atom stereocenters. The molecule has 2 atom stereocenters. The smallest absolute Gasteiger partial charge is 0.242 e. The van der Waals surface area contributed by atoms with Gasteiger partial charge in [-0.3, -0.25) is 14.4 Å². The first-order chi connectivity index (χ1) is 12.7. The number of carbonyl (C=O) groups excluding carboxylic acids is 3. The Morgan fingerprint density at radius 2 is 1.68 bits per heavy atom. The lowest BCUT2D eigenvalue weighted by Crippen LogP contribution is -2.47. The van der Waals surface area contributed by atoms with Crippen LogP contribution in [-0.2, 0) is 24.4 Å². The van der Waals surface area contributed by atoms with Crippen LogP contribution < -0.4 is 5.32 Å². The molecule has 8 heteroatoms. The van der Waals surface area contributed by atoms with E-state index in [1.807, 2.05) is 0 Å². The fourth-order valence-electron chi connectivity index (χ4n) is 4.61. The van der Waals surface area contributed by atoms with E-state index >= 15 is 0 Å². The van der Waals surface area contributed by atoms with E-state index in [4.69, 9.17) is 0 Å². The first kappa shape index (κ1) is 20.7. The van der Waals surface area contributed by atoms with Crippen molar-refractivity contribution in [2.45, 2.75) is 45.4 Å². The zero-order valence-corrected chi connectivity index (χ0v) is 17.9. The third kappa shape index (κ3) is 2.30. The standard InChI is InChI=1S/C20H26N2O5S/c1-12-7-8-13(28(26,27)22(5)6)11-14(12)21-17(25)20-10-9-19(4,18(20,2)3)15(23)16(20)24/h7-8,11H,9-10H2,1-6H3,(H,21,25)/t19-,20-/m0/s1. The fraction of sp³-hybridized carbons (Fsp3) is 0.550. The third-order valence-electron chi connectivity index (χ3n) is 7.16. The van der Waals surface area contributed by atoms with Gasteiger partial charge in [0.15, 0.2) is 0 Å². The number of anilines is 1. The van der Waals surface area contributed by atoms with E-state index < -0.39 is 43.7 Å². The van der Waals surface area contributed by atoms with Gasteiger partial charge in [-0.05, 0) is 42.9 Å². The Hall–Kier alpha value is -2.06. The number of sulfonamides is 1. The normalized spacial score (nSPS) is 28.8. The molecule has 0 aliphatic heterocycles. The molecule has 152 valence electrons. The predicted octanol–water partition coefficient (Wildman–Crippen LogP) is 2.15. The van der Waals surface area contributed by atoms with Crippen LogP contribution in [0.2, 0.25) is 0 Å². The number of Topliss-reactive ketones (excluding diaryl/α,β-unsaturated/α-hetero) is 2. The van der Waals surface area contributed by atoms with Gasteiger partial charge in [-0.1, -0.05) is 26.8 Å². The van der Waals surface area contributed by atoms with Crippen molar-refractivity contribution in [2.75, 3.05) is 19.4 Å². The largest absolute Gasteiger partial charge is 0.325 e. The molecule has 0 radical (unpaired) electrons. The number of carbonyl (C=O) groups is 3. The Labute approximate surface area is 165 Å². The number of ketones is 2. The van der Waals surface area contributed by atoms with Gasteiger partial charge in [0.1, 0.15) is 5.41 Å². The maximum Gasteiger partial charge on any atom is 0.242 e. The van der Waals surface area contributed by atoms with Crippen LogP contribution in [0.1, 0.15) is 39.2 Å². The lowest BCUT2D eigenvalue weighted by molar-refractivity contribution is -0.147. The van der Waals surface area contributed by atoms with Crippen molar-refractivity contribution in [3.05, 3.63) is 23.8 Å². The molecule has 1 aromatic carbocycles. The molecule has 2 aliphatic carbocycles. The molecule has 7 nitrogen and oxygen atoms in total. The Balaban J connectivity index is 2.03. The van der Waals surface area contributed by atoms with Gasteiger partial charge in [0.2, 0.25) is 27.5 Å². The number of rotatable bonds is 4. The number of hydrogen-bond donors (Lipinski definition) is 1. The van der Waals surface area contributed by atoms with Crippen molar-refractivity contribution in [1.82, 2.24) is 4.31 Å². The zero-order valence-electron chi connectivity index (χ0n) is 17.0. The molecule has 2 bridgehead atoms. The van der Waals surface area contributed by atoms with Gasteiger partial charge in [-0.25, -0.2) is 12.7 Å². The Morgan fingerprint density at radius 1 is 1.07 bits per heavy atom. The second kappa shape index (κ2) is 5.97. The average Bonchev–Trinajstić information content (AvgIpc) is 2.88. The predicted molar refractivity (Wildman–Crippen MR) is 104 cm³/mol. The van der Waals surface area contributed by atoms with Gasteiger partial charge in [0.25, 0.3) is 0 Å². The summed E-state index contributed by atoms with van der Waals surface area (Å²) in [6.45, 7) is 7.08. The van der Waals surface area contributed by atoms with Crippen LogP contribution in [0.4, 0.5) is 5.69 Å². The highest BCUT2D eigenvalue weighted by Gasteiger charge is 2.77. The average molecular weight is 407 g/mol. The molecule has 28 heavy (non-hydrogen) atoms. The topological polar surface area (TPSA) is 101 Å². The van der Waals surface area contributed by atoms with E-state index in [1.54, 1.807) is 33.8 Å². The van der Waals surface area contributed by atoms with Gasteiger partial charge in [0, 0.05) is 25.2 Å². The van der Waals surface area contributed by atoms with Gasteiger partial charge < -0.3 is 5.32 Å². The number of aryl methyl sites for hydroxylation is 1. The van der Waals surface area contributed by atoms with Gasteiger partial charge >= 0.3 is 0 Å². The van der Waals surface area contributed by atoms with Crippen molar-refractivity contribution >= 4 is 33.2 Å². The number of nitrogens with zero attached hydrogens (tertiary/aromatic N) is 1. The van der Waals surface area contributed by atoms with Gasteiger partial charge in [-0.15, -0.1) is 0 Å². The van der Waals surface area contributed by atoms with E-state index in [1.165, 1.54) is 26.2 Å². The summed E-state index contributed by atoms with van der Waals surface area (Å²) in [7, 11) is -0.819. The Bertz CT molecular complexity index is 1010. The van der Waals surface area contributed by atoms with E-state index in [0.29, 0.717) is 24.1 Å². The highest BCUT2D eigenvalue weighted by Crippen LogP contribution is 2.69. The summed E-state index contributed by atoms with van der Waals surface area (Å²) in [4.78, 5) is 38.8. The second-order valence-corrected chi connectivity index (χ2v) is 10.9. The molecule has 1 amide bonds. The Morgan fingerprint density at radius 3 is 2.18 bits per heavy atom. The summed E-state index contributed by atoms with van der Waals surface area (Å²) in [6.07, 6.45) is 0.785. The number of hydrogen-bond acceptors (Lipinski definition) is 5. The molecule has 2 fully saturated rings. The van der Waals surface area contributed by atoms with Crippen LogP contribution in [0.25, 0.3) is 0 Å². The van der Waals surface area contributed by atoms with Crippen molar-refractivity contribution in [1.29, 1.82) is 0 Å². The van der Waals surface area contributed by atoms with Crippen molar-refractivity contribution in [2.24, 2.45) is 16.2 Å². The summed E-state index contributed by atoms with van der Waals surface area (Å²) >= 11 is 0. The molecule has 2 aliphatic rings. The van der Waals surface area contributed by atoms with E-state index in [9.17, 15) is 22.8 Å². The quantitative estimate of drug-likeness (QED) is 0.610. The molecule has 1 N–H and O–H groups in total. The van der Waals surface area contributed by atoms with Crippen LogP contribution >= 0.6 is 0 Å². The van der Waals surface area contributed by atoms with Crippen molar-refractivity contribution < 1.29 is 22.8 Å². The summed E-state index contributed by atoms with van der Waals surface area (Å²) in [5.74, 6) is -1.67. The zero-order chi connectivity index (χ0) is 21.3. The third-order valence-corrected chi connectivity index (χ3v) is 8.98. The molecule has 0 saturated heterocycles. The first-order valence-corrected chi connectivity index (χ1v) is 10.6. The molecule has 2 saturated carbocycles. The second-order valence-electron chi connectivity index (χ2n) is 8.74. The van der Waals surface area contributed by atoms with Gasteiger partial charge in [0.05, 0.1) is 4.90 Å². The molecule has 0 heterocycles. The minimum Gasteiger partial charge on any atom is -0.325 e. The summed E-state index contributed by atoms with van der Waals surface area (Å²) in [5.41, 5.74) is -2.12. The summed E-state index contributed by atoms with van der Waals surface area (Å²) in [5, 5.41) is 2.75. The number of amides is 1. The number of nitrogens with one attached hydrogen (secondary N) is 1. The van der Waals surface area contributed by atoms with Gasteiger partial charge in [-0.2, -0.15) is 0 Å². The molecule has 3 rings (SSSR count). The summed E-state index contributed by atoms with van der Waals surface area (Å²) < 4.78 is 25.9. The molecular weight excluding hydrogens is 380 g/mol. The molecular formula is C20H26N2O5S. The van der Waals surface area contributed by atoms with Crippen LogP contribution in [0.3, 0.4) is 0 Å². The summed E-state index contributed by atoms with van der Waals surface area (Å²) in [6, 6.07) is 4.47. The Kier molecular flexibility index (Phi) is 4.41. The van der Waals surface area contributed by atoms with Crippen molar-refractivity contribution in [3.8, 4) is 0 Å². The highest BCUT2D eigenvalue weighted by atomic mass is 32.2. The molecule has 1 aromatic rings. The number of benzene rings is 1. The van der Waals surface area contributed by atoms with Crippen LogP contribution in [0, 0.1) is 23.2 Å². The number of fused-ring (bicyclic) bond motifs is 2. The minimum absolute atomic E-state index is 0.0419. The van der Waals surface area contributed by atoms with Crippen molar-refractivity contribution in [3.63, 3.8) is 0 Å². The first-order valence-electron chi connectivity index (χ1n) is 9.17. The maximum atomic E-state index is 13.3. The van der Waals surface area contributed by atoms with Crippen LogP contribution in [-0.4, -0.2) is 44.3 Å². The highest BCUT2D eigenvalue weighted by molar-refractivity contribution is 7.89. The lowest BCUT2D eigenvalue weighted by atomic mass is 9.64. The molecule has 0 aromatic heterocycles. The van der Waals surface area contributed by atoms with E-state index in [0.717, 1.165) is 4.31 Å². The minimum atomic E-state index is -3.67. The lowest BCUT2D eigenvalue weighted by Gasteiger charge is -2.37.